The van der Waals surface area contributed by atoms with Gasteiger partial charge in [0, 0.05) is 0 Å². The fraction of sp³-hybridized carbons (Fsp3) is 0.375. The number of methoxy groups -OCH3 is 3. The first-order valence-electron chi connectivity index (χ1n) is 14.3. The van der Waals surface area contributed by atoms with Crippen LogP contribution < -0.4 is 38.6 Å². The highest BCUT2D eigenvalue weighted by molar-refractivity contribution is 7.07. The summed E-state index contributed by atoms with van der Waals surface area (Å²) in [6, 6.07) is 7.62. The molecule has 0 N–H and O–H groups in total. The van der Waals surface area contributed by atoms with Crippen LogP contribution in [0, 0.1) is 0 Å². The zero-order chi connectivity index (χ0) is 32.7. The van der Waals surface area contributed by atoms with Crippen LogP contribution in [0.5, 0.6) is 28.7 Å². The van der Waals surface area contributed by atoms with E-state index in [1.807, 2.05) is 6.92 Å². The number of rotatable bonds is 13. The lowest BCUT2D eigenvalue weighted by Crippen LogP contribution is -2.40. The predicted octanol–water partition coefficient (Wildman–Crippen LogP) is 3.16. The molecule has 0 fully saturated rings. The zero-order valence-corrected chi connectivity index (χ0v) is 27.1. The molecule has 1 atom stereocenters. The van der Waals surface area contributed by atoms with Crippen LogP contribution >= 0.6 is 11.3 Å². The Bertz CT molecular complexity index is 1760. The summed E-state index contributed by atoms with van der Waals surface area (Å²) in [5, 5.41) is 0. The standard InChI is InChI=1S/C32H36N2O10S/c1-8-41-22-13-19(11-12-21(22)44-17-26(35)42-9-2)14-25-30(36)34-28(20-15-23(38-5)29(40-7)24(16-20)39-6)27(31(37)43-10-3)18(4)33-32(34)45-25/h11-16,28H,8-10,17H2,1-7H3/b25-14-/t28-/m1/s1. The quantitative estimate of drug-likeness (QED) is 0.257. The minimum absolute atomic E-state index is 0.143. The highest BCUT2D eigenvalue weighted by Crippen LogP contribution is 2.42. The average molecular weight is 641 g/mol. The molecule has 0 bridgehead atoms. The van der Waals surface area contributed by atoms with Crippen molar-refractivity contribution >= 4 is 29.4 Å². The number of nitrogens with zero attached hydrogens (tertiary/aromatic N) is 2. The molecule has 240 valence electrons. The molecule has 0 radical (unpaired) electrons. The Balaban J connectivity index is 1.87. The van der Waals surface area contributed by atoms with E-state index in [0.29, 0.717) is 61.5 Å². The third-order valence-corrected chi connectivity index (χ3v) is 7.72. The lowest BCUT2D eigenvalue weighted by molar-refractivity contribution is -0.145. The maximum atomic E-state index is 14.1. The van der Waals surface area contributed by atoms with Crippen LogP contribution in [0.15, 0.2) is 51.4 Å². The van der Waals surface area contributed by atoms with Gasteiger partial charge >= 0.3 is 11.9 Å². The van der Waals surface area contributed by atoms with Crippen LogP contribution in [0.4, 0.5) is 0 Å². The number of thiazole rings is 1. The summed E-state index contributed by atoms with van der Waals surface area (Å²) in [6.45, 7) is 7.43. The van der Waals surface area contributed by atoms with Gasteiger partial charge in [-0.2, -0.15) is 0 Å². The molecule has 1 aliphatic heterocycles. The van der Waals surface area contributed by atoms with Crippen molar-refractivity contribution in [2.45, 2.75) is 33.7 Å². The van der Waals surface area contributed by atoms with Crippen LogP contribution in [-0.4, -0.2) is 64.3 Å². The van der Waals surface area contributed by atoms with E-state index in [1.54, 1.807) is 57.2 Å². The molecule has 2 heterocycles. The molecule has 3 aromatic rings. The lowest BCUT2D eigenvalue weighted by atomic mass is 9.95. The smallest absolute Gasteiger partial charge is 0.344 e. The maximum absolute atomic E-state index is 14.1. The molecule has 0 spiro atoms. The first-order valence-corrected chi connectivity index (χ1v) is 15.1. The van der Waals surface area contributed by atoms with Crippen LogP contribution in [0.2, 0.25) is 0 Å². The summed E-state index contributed by atoms with van der Waals surface area (Å²) in [5.74, 6) is 0.769. The second-order valence-electron chi connectivity index (χ2n) is 9.49. The highest BCUT2D eigenvalue weighted by atomic mass is 32.1. The van der Waals surface area contributed by atoms with Crippen molar-refractivity contribution in [3.05, 3.63) is 72.4 Å². The van der Waals surface area contributed by atoms with Crippen molar-refractivity contribution in [1.29, 1.82) is 0 Å². The molecule has 13 heteroatoms. The molecule has 0 saturated carbocycles. The van der Waals surface area contributed by atoms with Crippen LogP contribution in [0.3, 0.4) is 0 Å². The number of esters is 2. The van der Waals surface area contributed by atoms with E-state index in [9.17, 15) is 14.4 Å². The van der Waals surface area contributed by atoms with E-state index in [2.05, 4.69) is 4.99 Å². The number of fused-ring (bicyclic) bond motifs is 1. The van der Waals surface area contributed by atoms with Crippen molar-refractivity contribution < 1.29 is 42.7 Å². The third-order valence-electron chi connectivity index (χ3n) is 6.74. The van der Waals surface area contributed by atoms with Gasteiger partial charge in [-0.3, -0.25) is 9.36 Å². The first-order chi connectivity index (χ1) is 21.7. The monoisotopic (exact) mass is 640 g/mol. The third kappa shape index (κ3) is 6.98. The Morgan fingerprint density at radius 1 is 0.889 bits per heavy atom. The molecule has 0 aliphatic carbocycles. The van der Waals surface area contributed by atoms with Gasteiger partial charge in [0.1, 0.15) is 0 Å². The maximum Gasteiger partial charge on any atom is 0.344 e. The molecule has 1 aromatic heterocycles. The molecule has 4 rings (SSSR count). The predicted molar refractivity (Wildman–Crippen MR) is 166 cm³/mol. The molecule has 0 unspecified atom stereocenters. The number of hydrogen-bond acceptors (Lipinski definition) is 12. The second-order valence-corrected chi connectivity index (χ2v) is 10.5. The van der Waals surface area contributed by atoms with Crippen LogP contribution in [0.25, 0.3) is 6.08 Å². The minimum atomic E-state index is -0.895. The molecule has 2 aromatic carbocycles. The first kappa shape index (κ1) is 33.1. The van der Waals surface area contributed by atoms with E-state index in [1.165, 1.54) is 37.2 Å². The van der Waals surface area contributed by atoms with E-state index in [0.717, 1.165) is 0 Å². The van der Waals surface area contributed by atoms with Crippen LogP contribution in [-0.2, 0) is 19.1 Å². The van der Waals surface area contributed by atoms with Crippen molar-refractivity contribution in [1.82, 2.24) is 4.57 Å². The van der Waals surface area contributed by atoms with Gasteiger partial charge in [-0.1, -0.05) is 17.4 Å². The number of aromatic nitrogens is 1. The highest BCUT2D eigenvalue weighted by Gasteiger charge is 2.34. The van der Waals surface area contributed by atoms with Crippen LogP contribution in [0.1, 0.15) is 44.9 Å². The van der Waals surface area contributed by atoms with Gasteiger partial charge in [0.25, 0.3) is 5.56 Å². The number of ether oxygens (including phenoxy) is 7. The molecule has 0 amide bonds. The molecular weight excluding hydrogens is 604 g/mol. The zero-order valence-electron chi connectivity index (χ0n) is 26.3. The minimum Gasteiger partial charge on any atom is -0.493 e. The molecule has 45 heavy (non-hydrogen) atoms. The summed E-state index contributed by atoms with van der Waals surface area (Å²) in [6.07, 6.45) is 1.71. The molecule has 0 saturated heterocycles. The van der Waals surface area contributed by atoms with E-state index < -0.39 is 18.0 Å². The van der Waals surface area contributed by atoms with Gasteiger partial charge in [0.2, 0.25) is 5.75 Å². The van der Waals surface area contributed by atoms with Gasteiger partial charge in [0.15, 0.2) is 34.4 Å². The summed E-state index contributed by atoms with van der Waals surface area (Å²) < 4.78 is 40.1. The Kier molecular flexibility index (Phi) is 10.9. The average Bonchev–Trinajstić information content (AvgIpc) is 3.33. The Morgan fingerprint density at radius 3 is 2.18 bits per heavy atom. The van der Waals surface area contributed by atoms with Gasteiger partial charge in [0.05, 0.1) is 63.0 Å². The van der Waals surface area contributed by atoms with E-state index >= 15 is 0 Å². The number of carbonyl (C=O) groups is 2. The second kappa shape index (κ2) is 14.8. The number of allylic oxidation sites excluding steroid dienone is 1. The molecule has 12 nitrogen and oxygen atoms in total. The number of hydrogen-bond donors (Lipinski definition) is 0. The summed E-state index contributed by atoms with van der Waals surface area (Å²) in [7, 11) is 4.47. The number of carbonyl (C=O) groups excluding carboxylic acids is 2. The fourth-order valence-corrected chi connectivity index (χ4v) is 5.91. The van der Waals surface area contributed by atoms with Crippen molar-refractivity contribution in [3.8, 4) is 28.7 Å². The van der Waals surface area contributed by atoms with Crippen molar-refractivity contribution in [2.75, 3.05) is 47.8 Å². The summed E-state index contributed by atoms with van der Waals surface area (Å²) in [4.78, 5) is 44.2. The summed E-state index contributed by atoms with van der Waals surface area (Å²) in [5.41, 5.74) is 1.45. The summed E-state index contributed by atoms with van der Waals surface area (Å²) >= 11 is 1.18. The molecule has 1 aliphatic rings. The van der Waals surface area contributed by atoms with Gasteiger partial charge in [-0.25, -0.2) is 14.6 Å². The van der Waals surface area contributed by atoms with Gasteiger partial charge in [-0.05, 0) is 69.2 Å². The van der Waals surface area contributed by atoms with Crippen molar-refractivity contribution in [2.24, 2.45) is 4.99 Å². The normalized spacial score (nSPS) is 14.3. The number of benzene rings is 2. The Morgan fingerprint density at radius 2 is 1.58 bits per heavy atom. The van der Waals surface area contributed by atoms with Gasteiger partial charge in [-0.15, -0.1) is 0 Å². The van der Waals surface area contributed by atoms with E-state index in [4.69, 9.17) is 33.2 Å². The largest absolute Gasteiger partial charge is 0.493 e. The van der Waals surface area contributed by atoms with E-state index in [-0.39, 0.29) is 31.0 Å². The van der Waals surface area contributed by atoms with Gasteiger partial charge < -0.3 is 33.2 Å². The Labute approximate surface area is 264 Å². The van der Waals surface area contributed by atoms with Crippen molar-refractivity contribution in [3.63, 3.8) is 0 Å². The fourth-order valence-electron chi connectivity index (χ4n) is 4.86. The lowest BCUT2D eigenvalue weighted by Gasteiger charge is -2.26. The molecular formula is C32H36N2O10S. The topological polar surface area (TPSA) is 133 Å². The SMILES string of the molecule is CCOC(=O)COc1ccc(/C=c2\sc3n(c2=O)[C@H](c2cc(OC)c(OC)c(OC)c2)C(C(=O)OCC)=C(C)N=3)cc1OCC. The Hall–Kier alpha value is -4.78.